The maximum absolute atomic E-state index is 11.1. The van der Waals surface area contributed by atoms with Crippen LogP contribution in [0.2, 0.25) is 0 Å². The van der Waals surface area contributed by atoms with Gasteiger partial charge in [-0.25, -0.2) is 0 Å². The molecule has 0 aliphatic rings. The van der Waals surface area contributed by atoms with Gasteiger partial charge in [-0.2, -0.15) is 0 Å². The number of unbranched alkanes of at least 4 members (excludes halogenated alkanes) is 4. The number of hydrogen-bond acceptors (Lipinski definition) is 3. The van der Waals surface area contributed by atoms with Gasteiger partial charge in [0.15, 0.2) is 5.12 Å². The number of aliphatic hydroxyl groups is 1. The summed E-state index contributed by atoms with van der Waals surface area (Å²) < 4.78 is 0. The van der Waals surface area contributed by atoms with E-state index in [0.29, 0.717) is 12.2 Å². The van der Waals surface area contributed by atoms with Crippen molar-refractivity contribution < 1.29 is 9.90 Å². The molecule has 2 nitrogen and oxygen atoms in total. The molecule has 0 amide bonds. The quantitative estimate of drug-likeness (QED) is 0.617. The average Bonchev–Trinajstić information content (AvgIpc) is 2.14. The molecule has 0 fully saturated rings. The Labute approximate surface area is 85.1 Å². The summed E-state index contributed by atoms with van der Waals surface area (Å²) >= 11 is 1.25. The minimum atomic E-state index is 0.103. The molecule has 1 N–H and O–H groups in total. The van der Waals surface area contributed by atoms with Gasteiger partial charge in [0.2, 0.25) is 0 Å². The molecule has 0 saturated heterocycles. The fourth-order valence-corrected chi connectivity index (χ4v) is 1.71. The Morgan fingerprint density at radius 3 is 2.54 bits per heavy atom. The van der Waals surface area contributed by atoms with Crippen LogP contribution >= 0.6 is 11.8 Å². The molecule has 0 saturated carbocycles. The van der Waals surface area contributed by atoms with Gasteiger partial charge < -0.3 is 5.11 Å². The van der Waals surface area contributed by atoms with Crippen LogP contribution in [-0.4, -0.2) is 22.6 Å². The van der Waals surface area contributed by atoms with E-state index in [1.807, 2.05) is 0 Å². The molecule has 3 heteroatoms. The molecule has 0 radical (unpaired) electrons. The second-order valence-electron chi connectivity index (χ2n) is 3.11. The largest absolute Gasteiger partial charge is 0.396 e. The highest BCUT2D eigenvalue weighted by molar-refractivity contribution is 8.13. The molecule has 0 aliphatic carbocycles. The second kappa shape index (κ2) is 10.1. The van der Waals surface area contributed by atoms with E-state index in [2.05, 4.69) is 6.92 Å². The molecule has 0 heterocycles. The number of aliphatic hydroxyl groups excluding tert-OH is 1. The highest BCUT2D eigenvalue weighted by Gasteiger charge is 2.00. The van der Waals surface area contributed by atoms with Crippen LogP contribution in [0.4, 0.5) is 0 Å². The van der Waals surface area contributed by atoms with Crippen molar-refractivity contribution in [1.82, 2.24) is 0 Å². The second-order valence-corrected chi connectivity index (χ2v) is 4.26. The Morgan fingerprint density at radius 2 is 1.92 bits per heavy atom. The van der Waals surface area contributed by atoms with E-state index in [-0.39, 0.29) is 11.7 Å². The molecule has 0 aliphatic heterocycles. The van der Waals surface area contributed by atoms with E-state index in [4.69, 9.17) is 5.11 Å². The summed E-state index contributed by atoms with van der Waals surface area (Å²) in [7, 11) is 0. The zero-order valence-corrected chi connectivity index (χ0v) is 9.24. The Balaban J connectivity index is 3.08. The van der Waals surface area contributed by atoms with Crippen molar-refractivity contribution in [2.75, 3.05) is 12.4 Å². The summed E-state index contributed by atoms with van der Waals surface area (Å²) in [5, 5.41) is 8.71. The molecule has 0 unspecified atom stereocenters. The van der Waals surface area contributed by atoms with E-state index in [1.54, 1.807) is 0 Å². The third-order valence-electron chi connectivity index (χ3n) is 1.84. The summed E-state index contributed by atoms with van der Waals surface area (Å²) in [6, 6.07) is 0. The maximum Gasteiger partial charge on any atom is 0.189 e. The highest BCUT2D eigenvalue weighted by atomic mass is 32.2. The van der Waals surface area contributed by atoms with Crippen LogP contribution in [0.3, 0.4) is 0 Å². The number of carbonyl (C=O) groups is 1. The number of thioether (sulfide) groups is 1. The van der Waals surface area contributed by atoms with Crippen LogP contribution in [0.25, 0.3) is 0 Å². The molecule has 0 bridgehead atoms. The van der Waals surface area contributed by atoms with E-state index in [9.17, 15) is 4.79 Å². The van der Waals surface area contributed by atoms with Gasteiger partial charge in [-0.05, 0) is 6.42 Å². The molecule has 13 heavy (non-hydrogen) atoms. The minimum Gasteiger partial charge on any atom is -0.396 e. The van der Waals surface area contributed by atoms with Gasteiger partial charge in [-0.1, -0.05) is 44.4 Å². The Morgan fingerprint density at radius 1 is 1.23 bits per heavy atom. The molecular weight excluding hydrogens is 184 g/mol. The lowest BCUT2D eigenvalue weighted by Crippen LogP contribution is -1.96. The molecule has 0 atom stereocenters. The third-order valence-corrected chi connectivity index (χ3v) is 2.75. The van der Waals surface area contributed by atoms with Gasteiger partial charge in [-0.3, -0.25) is 4.79 Å². The predicted molar refractivity (Wildman–Crippen MR) is 57.9 cm³/mol. The summed E-state index contributed by atoms with van der Waals surface area (Å²) in [6.45, 7) is 2.29. The Bertz CT molecular complexity index is 126. The molecule has 0 rings (SSSR count). The fraction of sp³-hybridized carbons (Fsp3) is 0.900. The normalized spacial score (nSPS) is 10.3. The standard InChI is InChI=1S/C10H20O2S/c1-2-3-4-5-6-7-10(12)13-9-8-11/h11H,2-9H2,1H3. The Kier molecular flexibility index (Phi) is 10.0. The maximum atomic E-state index is 11.1. The lowest BCUT2D eigenvalue weighted by molar-refractivity contribution is -0.111. The smallest absolute Gasteiger partial charge is 0.189 e. The van der Waals surface area contributed by atoms with Gasteiger partial charge >= 0.3 is 0 Å². The average molecular weight is 204 g/mol. The van der Waals surface area contributed by atoms with Crippen molar-refractivity contribution in [1.29, 1.82) is 0 Å². The number of hydrogen-bond donors (Lipinski definition) is 1. The first kappa shape index (κ1) is 13.0. The SMILES string of the molecule is CCCCCCCC(=O)SCCO. The predicted octanol–water partition coefficient (Wildman–Crippen LogP) is 2.60. The number of carbonyl (C=O) groups excluding carboxylic acids is 1. The van der Waals surface area contributed by atoms with Crippen LogP contribution in [0, 0.1) is 0 Å². The lowest BCUT2D eigenvalue weighted by atomic mass is 10.1. The molecule has 0 aromatic carbocycles. The highest BCUT2D eigenvalue weighted by Crippen LogP contribution is 2.10. The summed E-state index contributed by atoms with van der Waals surface area (Å²) in [5.41, 5.74) is 0. The van der Waals surface area contributed by atoms with Gasteiger partial charge in [-0.15, -0.1) is 0 Å². The van der Waals surface area contributed by atoms with E-state index in [0.717, 1.165) is 6.42 Å². The Hall–Kier alpha value is -0.0200. The summed E-state index contributed by atoms with van der Waals surface area (Å²) in [4.78, 5) is 11.1. The van der Waals surface area contributed by atoms with E-state index < -0.39 is 0 Å². The van der Waals surface area contributed by atoms with Crippen LogP contribution in [0.15, 0.2) is 0 Å². The van der Waals surface area contributed by atoms with Crippen molar-refractivity contribution in [3.05, 3.63) is 0 Å². The van der Waals surface area contributed by atoms with Crippen molar-refractivity contribution >= 4 is 16.9 Å². The van der Waals surface area contributed by atoms with Crippen molar-refractivity contribution in [3.63, 3.8) is 0 Å². The third kappa shape index (κ3) is 9.90. The molecular formula is C10H20O2S. The van der Waals surface area contributed by atoms with Crippen LogP contribution < -0.4 is 0 Å². The zero-order chi connectivity index (χ0) is 9.94. The van der Waals surface area contributed by atoms with Crippen LogP contribution in [0.1, 0.15) is 45.4 Å². The lowest BCUT2D eigenvalue weighted by Gasteiger charge is -1.99. The van der Waals surface area contributed by atoms with Gasteiger partial charge in [0.05, 0.1) is 6.61 Å². The van der Waals surface area contributed by atoms with Crippen molar-refractivity contribution in [2.24, 2.45) is 0 Å². The minimum absolute atomic E-state index is 0.103. The zero-order valence-electron chi connectivity index (χ0n) is 8.42. The molecule has 0 spiro atoms. The summed E-state index contributed by atoms with van der Waals surface area (Å²) in [5.74, 6) is 0.549. The number of rotatable bonds is 8. The van der Waals surface area contributed by atoms with Gasteiger partial charge in [0.25, 0.3) is 0 Å². The fourth-order valence-electron chi connectivity index (χ4n) is 1.10. The van der Waals surface area contributed by atoms with E-state index >= 15 is 0 Å². The molecule has 0 aromatic heterocycles. The molecule has 0 aromatic rings. The first-order valence-electron chi connectivity index (χ1n) is 5.07. The van der Waals surface area contributed by atoms with Crippen LogP contribution in [-0.2, 0) is 4.79 Å². The van der Waals surface area contributed by atoms with E-state index in [1.165, 1.54) is 37.4 Å². The summed E-state index contributed by atoms with van der Waals surface area (Å²) in [6.07, 6.45) is 6.62. The van der Waals surface area contributed by atoms with Crippen molar-refractivity contribution in [2.45, 2.75) is 45.4 Å². The van der Waals surface area contributed by atoms with Crippen LogP contribution in [0.5, 0.6) is 0 Å². The topological polar surface area (TPSA) is 37.3 Å². The molecule has 78 valence electrons. The monoisotopic (exact) mass is 204 g/mol. The first-order valence-corrected chi connectivity index (χ1v) is 6.06. The van der Waals surface area contributed by atoms with Crippen molar-refractivity contribution in [3.8, 4) is 0 Å². The van der Waals surface area contributed by atoms with Gasteiger partial charge in [0, 0.05) is 12.2 Å². The van der Waals surface area contributed by atoms with Gasteiger partial charge in [0.1, 0.15) is 0 Å². The first-order chi connectivity index (χ1) is 6.31.